The Morgan fingerprint density at radius 1 is 0.947 bits per heavy atom. The molecule has 1 aliphatic heterocycles. The predicted octanol–water partition coefficient (Wildman–Crippen LogP) is 4.18. The first-order valence-corrected chi connectivity index (χ1v) is 7.52. The van der Waals surface area contributed by atoms with E-state index in [2.05, 4.69) is 31.9 Å². The average Bonchev–Trinajstić information content (AvgIpc) is 2.62. The van der Waals surface area contributed by atoms with Gasteiger partial charge < -0.3 is 4.90 Å². The van der Waals surface area contributed by atoms with Crippen molar-refractivity contribution in [2.75, 3.05) is 4.90 Å². The van der Waals surface area contributed by atoms with Gasteiger partial charge in [-0.15, -0.1) is 0 Å². The van der Waals surface area contributed by atoms with Crippen LogP contribution in [0.1, 0.15) is 11.1 Å². The second kappa shape index (κ2) is 4.76. The third-order valence-electron chi connectivity index (χ3n) is 3.23. The van der Waals surface area contributed by atoms with Crippen molar-refractivity contribution in [1.82, 2.24) is 0 Å². The van der Waals surface area contributed by atoms with Crippen molar-refractivity contribution in [3.63, 3.8) is 0 Å². The van der Waals surface area contributed by atoms with E-state index in [-0.39, 0.29) is 5.91 Å². The molecular formula is C15H11Br2NO. The van der Waals surface area contributed by atoms with Crippen molar-refractivity contribution in [1.29, 1.82) is 0 Å². The number of amides is 1. The lowest BCUT2D eigenvalue weighted by molar-refractivity contribution is -0.118. The summed E-state index contributed by atoms with van der Waals surface area (Å²) in [7, 11) is 0. The third kappa shape index (κ3) is 2.13. The van der Waals surface area contributed by atoms with Gasteiger partial charge >= 0.3 is 0 Å². The molecular weight excluding hydrogens is 370 g/mol. The molecule has 0 N–H and O–H groups in total. The van der Waals surface area contributed by atoms with Gasteiger partial charge in [0.05, 0.1) is 12.2 Å². The van der Waals surface area contributed by atoms with Crippen molar-refractivity contribution >= 4 is 43.5 Å². The summed E-state index contributed by atoms with van der Waals surface area (Å²) in [5, 5.41) is 0. The number of nitrogens with zero attached hydrogens (tertiary/aromatic N) is 1. The van der Waals surface area contributed by atoms with Crippen LogP contribution in [-0.4, -0.2) is 5.91 Å². The molecule has 1 amide bonds. The zero-order valence-corrected chi connectivity index (χ0v) is 13.2. The maximum absolute atomic E-state index is 12.5. The van der Waals surface area contributed by atoms with Gasteiger partial charge in [0.2, 0.25) is 0 Å². The number of carbonyl (C=O) groups is 1. The van der Waals surface area contributed by atoms with Crippen LogP contribution in [0.25, 0.3) is 0 Å². The number of rotatable bonds is 2. The fourth-order valence-corrected chi connectivity index (χ4v) is 3.39. The molecule has 3 rings (SSSR count). The van der Waals surface area contributed by atoms with Crippen LogP contribution < -0.4 is 4.90 Å². The first-order chi connectivity index (χ1) is 9.10. The Morgan fingerprint density at radius 3 is 2.32 bits per heavy atom. The molecule has 2 aromatic carbocycles. The highest BCUT2D eigenvalue weighted by molar-refractivity contribution is 9.25. The van der Waals surface area contributed by atoms with Crippen molar-refractivity contribution in [3.8, 4) is 0 Å². The first kappa shape index (κ1) is 12.9. The predicted molar refractivity (Wildman–Crippen MR) is 83.6 cm³/mol. The molecule has 0 radical (unpaired) electrons. The Labute approximate surface area is 128 Å². The Morgan fingerprint density at radius 2 is 1.58 bits per heavy atom. The van der Waals surface area contributed by atoms with E-state index >= 15 is 0 Å². The van der Waals surface area contributed by atoms with Gasteiger partial charge in [0.25, 0.3) is 5.91 Å². The molecule has 0 saturated heterocycles. The molecule has 0 unspecified atom stereocenters. The van der Waals surface area contributed by atoms with Crippen LogP contribution >= 0.6 is 31.9 Å². The SMILES string of the molecule is O=C1N(Cc2ccccc2)c2ccccc2C1(Br)Br. The van der Waals surface area contributed by atoms with Crippen molar-refractivity contribution in [2.45, 2.75) is 9.78 Å². The lowest BCUT2D eigenvalue weighted by Gasteiger charge is -2.18. The van der Waals surface area contributed by atoms with Gasteiger partial charge in [-0.3, -0.25) is 4.79 Å². The maximum atomic E-state index is 12.5. The maximum Gasteiger partial charge on any atom is 0.259 e. The normalized spacial score (nSPS) is 16.5. The molecule has 0 bridgehead atoms. The molecule has 0 fully saturated rings. The van der Waals surface area contributed by atoms with Crippen molar-refractivity contribution in [3.05, 3.63) is 65.7 Å². The van der Waals surface area contributed by atoms with E-state index < -0.39 is 3.23 Å². The number of halogens is 2. The van der Waals surface area contributed by atoms with Crippen LogP contribution in [0, 0.1) is 0 Å². The number of hydrogen-bond donors (Lipinski definition) is 0. The number of fused-ring (bicyclic) bond motifs is 1. The Hall–Kier alpha value is -1.13. The first-order valence-electron chi connectivity index (χ1n) is 5.94. The second-order valence-electron chi connectivity index (χ2n) is 4.47. The van der Waals surface area contributed by atoms with E-state index in [4.69, 9.17) is 0 Å². The Balaban J connectivity index is 2.02. The molecule has 4 heteroatoms. The van der Waals surface area contributed by atoms with Gasteiger partial charge in [-0.1, -0.05) is 80.4 Å². The minimum Gasteiger partial charge on any atom is -0.305 e. The largest absolute Gasteiger partial charge is 0.305 e. The number of anilines is 1. The summed E-state index contributed by atoms with van der Waals surface area (Å²) in [5.41, 5.74) is 3.02. The van der Waals surface area contributed by atoms with Crippen LogP contribution in [0.5, 0.6) is 0 Å². The molecule has 0 spiro atoms. The van der Waals surface area contributed by atoms with Gasteiger partial charge in [-0.2, -0.15) is 0 Å². The summed E-state index contributed by atoms with van der Waals surface area (Å²) in [4.78, 5) is 14.3. The average molecular weight is 381 g/mol. The van der Waals surface area contributed by atoms with Crippen LogP contribution in [0.4, 0.5) is 5.69 Å². The monoisotopic (exact) mass is 379 g/mol. The molecule has 2 aromatic rings. The standard InChI is InChI=1S/C15H11Br2NO/c16-15(17)12-8-4-5-9-13(12)18(14(15)19)10-11-6-2-1-3-7-11/h1-9H,10H2. The third-order valence-corrected chi connectivity index (χ3v) is 4.76. The fraction of sp³-hybridized carbons (Fsp3) is 0.133. The van der Waals surface area contributed by atoms with Crippen LogP contribution in [0.15, 0.2) is 54.6 Å². The van der Waals surface area contributed by atoms with E-state index in [0.29, 0.717) is 6.54 Å². The lowest BCUT2D eigenvalue weighted by atomic mass is 10.1. The highest BCUT2D eigenvalue weighted by Gasteiger charge is 2.47. The fourth-order valence-electron chi connectivity index (χ4n) is 2.29. The number of alkyl halides is 2. The van der Waals surface area contributed by atoms with Gasteiger partial charge in [-0.05, 0) is 11.6 Å². The molecule has 0 aliphatic carbocycles. The van der Waals surface area contributed by atoms with Crippen molar-refractivity contribution in [2.24, 2.45) is 0 Å². The van der Waals surface area contributed by atoms with Gasteiger partial charge in [-0.25, -0.2) is 0 Å². The molecule has 0 atom stereocenters. The summed E-state index contributed by atoms with van der Waals surface area (Å²) in [6.45, 7) is 0.579. The number of benzene rings is 2. The summed E-state index contributed by atoms with van der Waals surface area (Å²) < 4.78 is -0.800. The Bertz CT molecular complexity index is 625. The van der Waals surface area contributed by atoms with E-state index in [1.165, 1.54) is 0 Å². The summed E-state index contributed by atoms with van der Waals surface area (Å²) in [6.07, 6.45) is 0. The quantitative estimate of drug-likeness (QED) is 0.716. The molecule has 96 valence electrons. The molecule has 1 aliphatic rings. The number of carbonyl (C=O) groups excluding carboxylic acids is 1. The number of para-hydroxylation sites is 1. The van der Waals surface area contributed by atoms with E-state index in [1.807, 2.05) is 54.6 Å². The second-order valence-corrected chi connectivity index (χ2v) is 7.91. The topological polar surface area (TPSA) is 20.3 Å². The van der Waals surface area contributed by atoms with Gasteiger partial charge in [0.15, 0.2) is 3.23 Å². The smallest absolute Gasteiger partial charge is 0.259 e. The molecule has 1 heterocycles. The zero-order valence-electron chi connectivity index (χ0n) is 10.0. The lowest BCUT2D eigenvalue weighted by Crippen LogP contribution is -2.32. The van der Waals surface area contributed by atoms with Gasteiger partial charge in [0, 0.05) is 5.56 Å². The van der Waals surface area contributed by atoms with Gasteiger partial charge in [0.1, 0.15) is 0 Å². The minimum absolute atomic E-state index is 0.0116. The number of hydrogen-bond acceptors (Lipinski definition) is 1. The van der Waals surface area contributed by atoms with E-state index in [1.54, 1.807) is 4.90 Å². The van der Waals surface area contributed by atoms with Crippen molar-refractivity contribution < 1.29 is 4.79 Å². The molecule has 2 nitrogen and oxygen atoms in total. The van der Waals surface area contributed by atoms with Crippen LogP contribution in [0.3, 0.4) is 0 Å². The molecule has 0 saturated carbocycles. The highest BCUT2D eigenvalue weighted by atomic mass is 79.9. The van der Waals surface area contributed by atoms with E-state index in [0.717, 1.165) is 16.8 Å². The molecule has 19 heavy (non-hydrogen) atoms. The van der Waals surface area contributed by atoms with Crippen LogP contribution in [0.2, 0.25) is 0 Å². The summed E-state index contributed by atoms with van der Waals surface area (Å²) in [6, 6.07) is 17.8. The van der Waals surface area contributed by atoms with E-state index in [9.17, 15) is 4.79 Å². The molecule has 0 aromatic heterocycles. The summed E-state index contributed by atoms with van der Waals surface area (Å²) in [5.74, 6) is 0.0116. The zero-order chi connectivity index (χ0) is 13.5. The highest BCUT2D eigenvalue weighted by Crippen LogP contribution is 2.50. The summed E-state index contributed by atoms with van der Waals surface area (Å²) >= 11 is 6.97. The Kier molecular flexibility index (Phi) is 3.23. The minimum atomic E-state index is -0.800. The van der Waals surface area contributed by atoms with Crippen LogP contribution in [-0.2, 0) is 14.6 Å².